The second kappa shape index (κ2) is 5.79. The predicted octanol–water partition coefficient (Wildman–Crippen LogP) is 6.25. The van der Waals surface area contributed by atoms with Crippen LogP contribution in [0.15, 0.2) is 109 Å². The summed E-state index contributed by atoms with van der Waals surface area (Å²) in [6, 6.07) is 40.7. The first kappa shape index (κ1) is 17.2. The molecule has 2 heteroatoms. The number of hydrogen-bond donors (Lipinski definition) is 0. The number of rotatable bonds is 1. The molecule has 0 fully saturated rings. The summed E-state index contributed by atoms with van der Waals surface area (Å²) in [5, 5.41) is 5.49. The topological polar surface area (TPSA) is 3.24 Å². The predicted molar refractivity (Wildman–Crippen MR) is 145 cm³/mol. The van der Waals surface area contributed by atoms with E-state index in [1.807, 2.05) is 0 Å². The van der Waals surface area contributed by atoms with Crippen LogP contribution < -0.4 is 21.3 Å². The molecule has 3 aliphatic rings. The van der Waals surface area contributed by atoms with Gasteiger partial charge in [-0.3, -0.25) is 0 Å². The summed E-state index contributed by atoms with van der Waals surface area (Å²) in [4.78, 5) is 2.49. The van der Waals surface area contributed by atoms with Crippen LogP contribution in [0.1, 0.15) is 0 Å². The van der Waals surface area contributed by atoms with Crippen molar-refractivity contribution in [3.63, 3.8) is 0 Å². The number of nitrogens with zero attached hydrogens (tertiary/aromatic N) is 1. The Bertz CT molecular complexity index is 1760. The molecule has 0 N–H and O–H groups in total. The lowest BCUT2D eigenvalue weighted by Gasteiger charge is -2.43. The van der Waals surface area contributed by atoms with Crippen LogP contribution in [0, 0.1) is 0 Å². The van der Waals surface area contributed by atoms with E-state index >= 15 is 0 Å². The van der Waals surface area contributed by atoms with E-state index in [2.05, 4.69) is 114 Å². The molecule has 0 aliphatic carbocycles. The molecule has 3 heterocycles. The summed E-state index contributed by atoms with van der Waals surface area (Å²) < 4.78 is 0. The summed E-state index contributed by atoms with van der Waals surface area (Å²) in [5.41, 5.74) is 13.8. The fraction of sp³-hybridized carbons (Fsp3) is 0. The van der Waals surface area contributed by atoms with Gasteiger partial charge in [-0.25, -0.2) is 0 Å². The van der Waals surface area contributed by atoms with Crippen molar-refractivity contribution in [2.45, 2.75) is 0 Å². The van der Waals surface area contributed by atoms with Crippen molar-refractivity contribution in [3.05, 3.63) is 109 Å². The number of para-hydroxylation sites is 1. The third-order valence-electron chi connectivity index (χ3n) is 8.17. The SMILES string of the molecule is c1ccc(N2c3ccc4cccc5c4c3B3c4c-5cccc4-c4cccc5ccc2c3c45)cc1. The molecule has 9 rings (SSSR count). The molecular formula is C32H18BN. The van der Waals surface area contributed by atoms with E-state index in [1.54, 1.807) is 0 Å². The lowest BCUT2D eigenvalue weighted by molar-refractivity contribution is 1.30. The van der Waals surface area contributed by atoms with Crippen molar-refractivity contribution < 1.29 is 0 Å². The van der Waals surface area contributed by atoms with E-state index in [4.69, 9.17) is 0 Å². The maximum atomic E-state index is 2.49. The number of fused-ring (bicyclic) bond motifs is 2. The molecule has 0 radical (unpaired) electrons. The average molecular weight is 427 g/mol. The van der Waals surface area contributed by atoms with Crippen LogP contribution in [-0.2, 0) is 0 Å². The van der Waals surface area contributed by atoms with Crippen LogP contribution >= 0.6 is 0 Å². The molecule has 0 bridgehead atoms. The summed E-state index contributed by atoms with van der Waals surface area (Å²) in [7, 11) is 0. The minimum Gasteiger partial charge on any atom is -0.311 e. The third-order valence-corrected chi connectivity index (χ3v) is 8.17. The van der Waals surface area contributed by atoms with Crippen LogP contribution in [0.25, 0.3) is 43.8 Å². The first-order chi connectivity index (χ1) is 16.9. The molecule has 0 aromatic heterocycles. The largest absolute Gasteiger partial charge is 0.311 e. The van der Waals surface area contributed by atoms with Gasteiger partial charge in [0.1, 0.15) is 0 Å². The van der Waals surface area contributed by atoms with Gasteiger partial charge in [-0.2, -0.15) is 0 Å². The summed E-state index contributed by atoms with van der Waals surface area (Å²) >= 11 is 0. The Kier molecular flexibility index (Phi) is 2.93. The van der Waals surface area contributed by atoms with Crippen LogP contribution in [0.3, 0.4) is 0 Å². The van der Waals surface area contributed by atoms with E-state index in [1.165, 1.54) is 77.2 Å². The Labute approximate surface area is 198 Å². The maximum Gasteiger partial charge on any atom is 0.249 e. The third kappa shape index (κ3) is 1.84. The summed E-state index contributed by atoms with van der Waals surface area (Å²) in [5.74, 6) is 0. The van der Waals surface area contributed by atoms with Gasteiger partial charge in [-0.1, -0.05) is 90.4 Å². The number of hydrogen-bond acceptors (Lipinski definition) is 1. The minimum absolute atomic E-state index is 0.258. The van der Waals surface area contributed by atoms with Crippen molar-refractivity contribution >= 4 is 61.7 Å². The van der Waals surface area contributed by atoms with Gasteiger partial charge in [0.2, 0.25) is 6.71 Å². The lowest BCUT2D eigenvalue weighted by atomic mass is 9.29. The highest BCUT2D eigenvalue weighted by Gasteiger charge is 2.45. The van der Waals surface area contributed by atoms with Gasteiger partial charge in [0.05, 0.1) is 0 Å². The molecule has 0 saturated heterocycles. The van der Waals surface area contributed by atoms with Gasteiger partial charge < -0.3 is 4.90 Å². The Morgan fingerprint density at radius 3 is 1.53 bits per heavy atom. The van der Waals surface area contributed by atoms with E-state index in [9.17, 15) is 0 Å². The van der Waals surface area contributed by atoms with E-state index in [-0.39, 0.29) is 6.71 Å². The first-order valence-electron chi connectivity index (χ1n) is 12.0. The molecule has 3 aliphatic heterocycles. The van der Waals surface area contributed by atoms with Crippen molar-refractivity contribution in [1.82, 2.24) is 0 Å². The molecule has 1 nitrogen and oxygen atoms in total. The molecule has 154 valence electrons. The zero-order valence-electron chi connectivity index (χ0n) is 18.4. The minimum atomic E-state index is 0.258. The van der Waals surface area contributed by atoms with Crippen molar-refractivity contribution in [2.24, 2.45) is 0 Å². The standard InChI is InChI=1S/C32H18BN/c1-2-9-21(10-3-1)34-26-17-15-19-7-4-11-22-24-13-6-14-25-23-12-5-8-20-16-18-27(34)32(29(20)23)33(30(24)25)31(26)28(19)22/h1-18H. The normalized spacial score (nSPS) is 13.8. The summed E-state index contributed by atoms with van der Waals surface area (Å²) in [6.07, 6.45) is 0. The van der Waals surface area contributed by atoms with Gasteiger partial charge in [0, 0.05) is 17.1 Å². The van der Waals surface area contributed by atoms with Crippen LogP contribution in [-0.4, -0.2) is 6.71 Å². The molecule has 0 saturated carbocycles. The molecular weight excluding hydrogens is 409 g/mol. The smallest absolute Gasteiger partial charge is 0.249 e. The highest BCUT2D eigenvalue weighted by atomic mass is 15.1. The second-order valence-electron chi connectivity index (χ2n) is 9.67. The molecule has 34 heavy (non-hydrogen) atoms. The Morgan fingerprint density at radius 1 is 0.412 bits per heavy atom. The van der Waals surface area contributed by atoms with Crippen molar-refractivity contribution in [1.29, 1.82) is 0 Å². The quantitative estimate of drug-likeness (QED) is 0.280. The highest BCUT2D eigenvalue weighted by molar-refractivity contribution is 7.03. The van der Waals surface area contributed by atoms with Crippen LogP contribution in [0.2, 0.25) is 0 Å². The number of anilines is 3. The van der Waals surface area contributed by atoms with Crippen LogP contribution in [0.4, 0.5) is 17.1 Å². The van der Waals surface area contributed by atoms with Crippen molar-refractivity contribution in [2.75, 3.05) is 4.90 Å². The Hall–Kier alpha value is -4.30. The molecule has 0 spiro atoms. The number of benzene rings is 6. The Balaban J connectivity index is 1.58. The van der Waals surface area contributed by atoms with Gasteiger partial charge in [-0.15, -0.1) is 0 Å². The summed E-state index contributed by atoms with van der Waals surface area (Å²) in [6.45, 7) is 0.258. The monoisotopic (exact) mass is 427 g/mol. The van der Waals surface area contributed by atoms with Crippen molar-refractivity contribution in [3.8, 4) is 22.3 Å². The lowest BCUT2D eigenvalue weighted by Crippen LogP contribution is -2.61. The maximum absolute atomic E-state index is 2.49. The average Bonchev–Trinajstić information content (AvgIpc) is 2.91. The zero-order chi connectivity index (χ0) is 22.0. The van der Waals surface area contributed by atoms with E-state index < -0.39 is 0 Å². The van der Waals surface area contributed by atoms with Gasteiger partial charge in [-0.05, 0) is 79.0 Å². The molecule has 0 amide bonds. The molecule has 6 aromatic carbocycles. The van der Waals surface area contributed by atoms with Crippen LogP contribution in [0.5, 0.6) is 0 Å². The molecule has 0 unspecified atom stereocenters. The Morgan fingerprint density at radius 2 is 0.941 bits per heavy atom. The van der Waals surface area contributed by atoms with Gasteiger partial charge in [0.15, 0.2) is 0 Å². The fourth-order valence-electron chi connectivity index (χ4n) is 6.98. The fourth-order valence-corrected chi connectivity index (χ4v) is 6.98. The van der Waals surface area contributed by atoms with Gasteiger partial charge >= 0.3 is 0 Å². The highest BCUT2D eigenvalue weighted by Crippen LogP contribution is 2.46. The van der Waals surface area contributed by atoms with E-state index in [0.717, 1.165) is 0 Å². The molecule has 6 aromatic rings. The molecule has 0 atom stereocenters. The zero-order valence-corrected chi connectivity index (χ0v) is 18.4. The van der Waals surface area contributed by atoms with E-state index in [0.29, 0.717) is 0 Å². The first-order valence-corrected chi connectivity index (χ1v) is 12.0. The second-order valence-corrected chi connectivity index (χ2v) is 9.67. The van der Waals surface area contributed by atoms with Gasteiger partial charge in [0.25, 0.3) is 0 Å².